The lowest BCUT2D eigenvalue weighted by atomic mass is 9.99. The lowest BCUT2D eigenvalue weighted by molar-refractivity contribution is 0.0364. The van der Waals surface area contributed by atoms with Crippen molar-refractivity contribution in [2.45, 2.75) is 43.6 Å². The Balaban J connectivity index is 2.15. The fourth-order valence-corrected chi connectivity index (χ4v) is 3.82. The highest BCUT2D eigenvalue weighted by atomic mass is 35.5. The number of ketones is 1. The van der Waals surface area contributed by atoms with Crippen LogP contribution in [-0.4, -0.2) is 37.7 Å². The molecule has 2 aromatic rings. The zero-order valence-corrected chi connectivity index (χ0v) is 16.6. The molecule has 7 nitrogen and oxygen atoms in total. The molecule has 3 rings (SSSR count). The van der Waals surface area contributed by atoms with Crippen molar-refractivity contribution < 1.29 is 27.3 Å². The van der Waals surface area contributed by atoms with E-state index >= 15 is 0 Å². The van der Waals surface area contributed by atoms with Gasteiger partial charge in [-0.2, -0.15) is 0 Å². The minimum Gasteiger partial charge on any atom is -0.458 e. The third-order valence-corrected chi connectivity index (χ3v) is 5.39. The molecule has 0 atom stereocenters. The Morgan fingerprint density at radius 1 is 1.30 bits per heavy atom. The van der Waals surface area contributed by atoms with Crippen molar-refractivity contribution in [1.29, 1.82) is 0 Å². The van der Waals surface area contributed by atoms with Crippen molar-refractivity contribution in [3.8, 4) is 0 Å². The molecule has 0 radical (unpaired) electrons. The van der Waals surface area contributed by atoms with Gasteiger partial charge in [0.25, 0.3) is 0 Å². The van der Waals surface area contributed by atoms with Gasteiger partial charge in [-0.25, -0.2) is 13.2 Å². The van der Waals surface area contributed by atoms with Crippen LogP contribution >= 0.6 is 11.6 Å². The molecule has 0 amide bonds. The molecule has 0 aliphatic heterocycles. The number of carbonyl (C=O) groups excluding carboxylic acids is 2. The standard InChI is InChI=1S/C18H18ClNO6S/c1-9(2)25-18(22)15-14(17(26-20-15)10-4-5-10)16(21)12-7-6-11(19)8-13(12)27(3,23)24/h6-10H,4-5H2,1-3H3. The summed E-state index contributed by atoms with van der Waals surface area (Å²) in [5, 5.41) is 3.92. The van der Waals surface area contributed by atoms with Gasteiger partial charge in [-0.15, -0.1) is 0 Å². The van der Waals surface area contributed by atoms with Crippen LogP contribution in [0.1, 0.15) is 64.8 Å². The SMILES string of the molecule is CC(C)OC(=O)c1noc(C2CC2)c1C(=O)c1ccc(Cl)cc1S(C)(=O)=O. The van der Waals surface area contributed by atoms with Crippen molar-refractivity contribution in [3.63, 3.8) is 0 Å². The van der Waals surface area contributed by atoms with E-state index < -0.39 is 27.7 Å². The Morgan fingerprint density at radius 3 is 2.52 bits per heavy atom. The highest BCUT2D eigenvalue weighted by molar-refractivity contribution is 7.90. The smallest absolute Gasteiger partial charge is 0.361 e. The monoisotopic (exact) mass is 411 g/mol. The Hall–Kier alpha value is -2.19. The highest BCUT2D eigenvalue weighted by Crippen LogP contribution is 2.43. The molecule has 9 heteroatoms. The Labute approximate surface area is 161 Å². The number of halogens is 1. The number of nitrogens with zero attached hydrogens (tertiary/aromatic N) is 1. The first-order chi connectivity index (χ1) is 12.6. The molecule has 0 bridgehead atoms. The van der Waals surface area contributed by atoms with Crippen LogP contribution in [0.3, 0.4) is 0 Å². The summed E-state index contributed by atoms with van der Waals surface area (Å²) in [5.41, 5.74) is -0.383. The van der Waals surface area contributed by atoms with Crippen molar-refractivity contribution >= 4 is 33.2 Å². The predicted octanol–water partition coefficient (Wildman–Crippen LogP) is 3.41. The van der Waals surface area contributed by atoms with Gasteiger partial charge < -0.3 is 9.26 Å². The Morgan fingerprint density at radius 2 is 1.96 bits per heavy atom. The first-order valence-electron chi connectivity index (χ1n) is 8.34. The number of hydrogen-bond acceptors (Lipinski definition) is 7. The summed E-state index contributed by atoms with van der Waals surface area (Å²) < 4.78 is 34.7. The molecular formula is C18H18ClNO6S. The van der Waals surface area contributed by atoms with Gasteiger partial charge in [0, 0.05) is 22.8 Å². The summed E-state index contributed by atoms with van der Waals surface area (Å²) >= 11 is 5.90. The highest BCUT2D eigenvalue weighted by Gasteiger charge is 2.38. The minimum atomic E-state index is -3.73. The first kappa shape index (κ1) is 19.6. The Bertz CT molecular complexity index is 1020. The number of rotatable bonds is 6. The molecule has 0 saturated heterocycles. The second-order valence-electron chi connectivity index (χ2n) is 6.74. The molecular weight excluding hydrogens is 394 g/mol. The maximum Gasteiger partial charge on any atom is 0.361 e. The van der Waals surface area contributed by atoms with Crippen LogP contribution in [-0.2, 0) is 14.6 Å². The Kier molecular flexibility index (Phi) is 5.14. The van der Waals surface area contributed by atoms with Gasteiger partial charge in [0.1, 0.15) is 5.56 Å². The molecule has 1 aromatic carbocycles. The molecule has 0 N–H and O–H groups in total. The van der Waals surface area contributed by atoms with Crippen molar-refractivity contribution in [2.75, 3.05) is 6.26 Å². The normalized spacial score (nSPS) is 14.4. The molecule has 1 aliphatic rings. The fraction of sp³-hybridized carbons (Fsp3) is 0.389. The zero-order chi connectivity index (χ0) is 19.9. The third kappa shape index (κ3) is 4.06. The maximum absolute atomic E-state index is 13.2. The fourth-order valence-electron chi connectivity index (χ4n) is 2.68. The van der Waals surface area contributed by atoms with E-state index in [1.165, 1.54) is 18.2 Å². The van der Waals surface area contributed by atoms with E-state index in [0.29, 0.717) is 0 Å². The van der Waals surface area contributed by atoms with E-state index in [9.17, 15) is 18.0 Å². The van der Waals surface area contributed by atoms with Crippen LogP contribution in [0.2, 0.25) is 5.02 Å². The van der Waals surface area contributed by atoms with E-state index in [0.717, 1.165) is 19.1 Å². The predicted molar refractivity (Wildman–Crippen MR) is 97.0 cm³/mol. The second-order valence-corrected chi connectivity index (χ2v) is 9.16. The van der Waals surface area contributed by atoms with Gasteiger partial charge in [-0.3, -0.25) is 4.79 Å². The van der Waals surface area contributed by atoms with Gasteiger partial charge in [-0.1, -0.05) is 16.8 Å². The van der Waals surface area contributed by atoms with Crippen LogP contribution < -0.4 is 0 Å². The zero-order valence-electron chi connectivity index (χ0n) is 15.0. The number of sulfone groups is 1. The summed E-state index contributed by atoms with van der Waals surface area (Å²) in [6.45, 7) is 3.34. The van der Waals surface area contributed by atoms with Crippen molar-refractivity contribution in [1.82, 2.24) is 5.16 Å². The lowest BCUT2D eigenvalue weighted by Crippen LogP contribution is -2.17. The van der Waals surface area contributed by atoms with Crippen molar-refractivity contribution in [2.24, 2.45) is 0 Å². The van der Waals surface area contributed by atoms with Gasteiger partial charge in [-0.05, 0) is 44.9 Å². The van der Waals surface area contributed by atoms with Crippen LogP contribution in [0.15, 0.2) is 27.6 Å². The molecule has 1 fully saturated rings. The summed E-state index contributed by atoms with van der Waals surface area (Å²) in [6, 6.07) is 3.95. The van der Waals surface area contributed by atoms with Crippen LogP contribution in [0.5, 0.6) is 0 Å². The molecule has 1 aliphatic carbocycles. The number of benzene rings is 1. The van der Waals surface area contributed by atoms with Gasteiger partial charge >= 0.3 is 5.97 Å². The second kappa shape index (κ2) is 7.09. The topological polar surface area (TPSA) is 104 Å². The van der Waals surface area contributed by atoms with Crippen molar-refractivity contribution in [3.05, 3.63) is 45.8 Å². The van der Waals surface area contributed by atoms with Gasteiger partial charge in [0.15, 0.2) is 21.4 Å². The lowest BCUT2D eigenvalue weighted by Gasteiger charge is -2.10. The van der Waals surface area contributed by atoms with E-state index in [1.807, 2.05) is 0 Å². The third-order valence-electron chi connectivity index (χ3n) is 4.02. The molecule has 0 unspecified atom stereocenters. The number of esters is 1. The van der Waals surface area contributed by atoms with E-state index in [1.54, 1.807) is 13.8 Å². The van der Waals surface area contributed by atoms with Crippen LogP contribution in [0, 0.1) is 0 Å². The van der Waals surface area contributed by atoms with Gasteiger partial charge in [0.05, 0.1) is 11.0 Å². The molecule has 1 aromatic heterocycles. The van der Waals surface area contributed by atoms with Crippen LogP contribution in [0.25, 0.3) is 0 Å². The quantitative estimate of drug-likeness (QED) is 0.529. The minimum absolute atomic E-state index is 0.0222. The summed E-state index contributed by atoms with van der Waals surface area (Å²) in [5.74, 6) is -1.19. The molecule has 0 spiro atoms. The van der Waals surface area contributed by atoms with Gasteiger partial charge in [0.2, 0.25) is 5.69 Å². The molecule has 27 heavy (non-hydrogen) atoms. The van der Waals surface area contributed by atoms with Crippen LogP contribution in [0.4, 0.5) is 0 Å². The number of aromatic nitrogens is 1. The first-order valence-corrected chi connectivity index (χ1v) is 10.6. The largest absolute Gasteiger partial charge is 0.458 e. The number of carbonyl (C=O) groups is 2. The average Bonchev–Trinajstić information content (AvgIpc) is 3.31. The number of hydrogen-bond donors (Lipinski definition) is 0. The molecule has 144 valence electrons. The average molecular weight is 412 g/mol. The molecule has 1 heterocycles. The summed E-state index contributed by atoms with van der Waals surface area (Å²) in [7, 11) is -3.73. The molecule has 1 saturated carbocycles. The summed E-state index contributed by atoms with van der Waals surface area (Å²) in [4.78, 5) is 25.4. The van der Waals surface area contributed by atoms with E-state index in [2.05, 4.69) is 5.16 Å². The van der Waals surface area contributed by atoms with E-state index in [4.69, 9.17) is 20.9 Å². The maximum atomic E-state index is 13.2. The number of ether oxygens (including phenoxy) is 1. The summed E-state index contributed by atoms with van der Waals surface area (Å²) in [6.07, 6.45) is 2.17. The van der Waals surface area contributed by atoms with E-state index in [-0.39, 0.29) is 38.4 Å².